The molecule has 3 rings (SSSR count). The molecule has 150 valence electrons. The van der Waals surface area contributed by atoms with Crippen molar-refractivity contribution in [2.75, 3.05) is 6.54 Å². The van der Waals surface area contributed by atoms with Gasteiger partial charge < -0.3 is 10.5 Å². The molecule has 2 heterocycles. The van der Waals surface area contributed by atoms with Crippen molar-refractivity contribution in [2.24, 2.45) is 11.7 Å². The highest BCUT2D eigenvalue weighted by molar-refractivity contribution is 5.77. The Morgan fingerprint density at radius 3 is 2.54 bits per heavy atom. The molecule has 1 fully saturated rings. The molecule has 0 aliphatic carbocycles. The van der Waals surface area contributed by atoms with Gasteiger partial charge in [0, 0.05) is 19.3 Å². The summed E-state index contributed by atoms with van der Waals surface area (Å²) in [6.07, 6.45) is -2.62. The van der Waals surface area contributed by atoms with Crippen molar-refractivity contribution in [1.29, 1.82) is 0 Å². The molecule has 5 nitrogen and oxygen atoms in total. The first-order chi connectivity index (χ1) is 13.3. The molecule has 0 unspecified atom stereocenters. The Labute approximate surface area is 161 Å². The van der Waals surface area contributed by atoms with Gasteiger partial charge in [-0.3, -0.25) is 14.7 Å². The summed E-state index contributed by atoms with van der Waals surface area (Å²) in [4.78, 5) is 16.9. The second kappa shape index (κ2) is 8.60. The monoisotopic (exact) mass is 393 g/mol. The SMILES string of the molecule is NC(=O)[C@@H]1CC[C@H](C(F)(F)F)N(Cc2ccc(OCc3ccccn3)cc2)C1. The summed E-state index contributed by atoms with van der Waals surface area (Å²) in [6.45, 7) is 0.411. The number of nitrogens with two attached hydrogens (primary N) is 1. The third kappa shape index (κ3) is 5.22. The average molecular weight is 393 g/mol. The minimum Gasteiger partial charge on any atom is -0.487 e. The number of hydrogen-bond donors (Lipinski definition) is 1. The fraction of sp³-hybridized carbons (Fsp3) is 0.400. The van der Waals surface area contributed by atoms with Gasteiger partial charge in [-0.2, -0.15) is 13.2 Å². The molecule has 1 amide bonds. The lowest BCUT2D eigenvalue weighted by Gasteiger charge is -2.39. The maximum Gasteiger partial charge on any atom is 0.404 e. The molecule has 28 heavy (non-hydrogen) atoms. The summed E-state index contributed by atoms with van der Waals surface area (Å²) in [5.74, 6) is -0.501. The Morgan fingerprint density at radius 2 is 1.93 bits per heavy atom. The number of halogens is 3. The lowest BCUT2D eigenvalue weighted by atomic mass is 9.91. The van der Waals surface area contributed by atoms with Gasteiger partial charge in [0.2, 0.25) is 5.91 Å². The van der Waals surface area contributed by atoms with E-state index in [4.69, 9.17) is 10.5 Å². The molecular weight excluding hydrogens is 371 g/mol. The topological polar surface area (TPSA) is 68.5 Å². The van der Waals surface area contributed by atoms with Crippen molar-refractivity contribution in [3.8, 4) is 5.75 Å². The van der Waals surface area contributed by atoms with Gasteiger partial charge in [-0.25, -0.2) is 0 Å². The largest absolute Gasteiger partial charge is 0.487 e. The van der Waals surface area contributed by atoms with Crippen molar-refractivity contribution in [1.82, 2.24) is 9.88 Å². The molecule has 1 saturated heterocycles. The molecule has 2 atom stereocenters. The van der Waals surface area contributed by atoms with E-state index >= 15 is 0 Å². The van der Waals surface area contributed by atoms with Gasteiger partial charge in [0.15, 0.2) is 0 Å². The average Bonchev–Trinajstić information content (AvgIpc) is 2.67. The van der Waals surface area contributed by atoms with Crippen molar-refractivity contribution in [3.05, 3.63) is 59.9 Å². The predicted octanol–water partition coefficient (Wildman–Crippen LogP) is 3.29. The number of primary amides is 1. The van der Waals surface area contributed by atoms with Crippen LogP contribution in [0.3, 0.4) is 0 Å². The van der Waals surface area contributed by atoms with Crippen LogP contribution in [0.2, 0.25) is 0 Å². The zero-order chi connectivity index (χ0) is 20.1. The van der Waals surface area contributed by atoms with E-state index in [9.17, 15) is 18.0 Å². The number of piperidine rings is 1. The minimum atomic E-state index is -4.34. The van der Waals surface area contributed by atoms with E-state index in [1.165, 1.54) is 4.90 Å². The van der Waals surface area contributed by atoms with E-state index in [0.29, 0.717) is 17.9 Å². The fourth-order valence-corrected chi connectivity index (χ4v) is 3.39. The first kappa shape index (κ1) is 20.1. The van der Waals surface area contributed by atoms with E-state index in [2.05, 4.69) is 4.98 Å². The zero-order valence-corrected chi connectivity index (χ0v) is 15.2. The van der Waals surface area contributed by atoms with E-state index in [0.717, 1.165) is 5.69 Å². The number of pyridine rings is 1. The normalized spacial score (nSPS) is 20.7. The van der Waals surface area contributed by atoms with E-state index in [-0.39, 0.29) is 25.9 Å². The standard InChI is InChI=1S/C20H22F3N3O2/c21-20(22,23)18-9-6-15(19(24)27)12-26(18)11-14-4-7-17(8-5-14)28-13-16-3-1-2-10-25-16/h1-5,7-8,10,15,18H,6,9,11-13H2,(H2,24,27)/t15-,18-/m1/s1. The minimum absolute atomic E-state index is 0.0113. The molecule has 2 N–H and O–H groups in total. The van der Waals surface area contributed by atoms with Crippen molar-refractivity contribution < 1.29 is 22.7 Å². The van der Waals surface area contributed by atoms with Crippen LogP contribution in [0, 0.1) is 5.92 Å². The first-order valence-corrected chi connectivity index (χ1v) is 9.04. The quantitative estimate of drug-likeness (QED) is 0.818. The molecule has 1 aliphatic rings. The predicted molar refractivity (Wildman–Crippen MR) is 97.2 cm³/mol. The molecule has 0 saturated carbocycles. The maximum atomic E-state index is 13.4. The van der Waals surface area contributed by atoms with Crippen LogP contribution in [-0.4, -0.2) is 34.6 Å². The molecule has 0 radical (unpaired) electrons. The second-order valence-corrected chi connectivity index (χ2v) is 6.92. The summed E-state index contributed by atoms with van der Waals surface area (Å²) in [7, 11) is 0. The maximum absolute atomic E-state index is 13.4. The number of ether oxygens (including phenoxy) is 1. The summed E-state index contributed by atoms with van der Waals surface area (Å²) in [5, 5.41) is 0. The molecule has 0 bridgehead atoms. The number of hydrogen-bond acceptors (Lipinski definition) is 4. The van der Waals surface area contributed by atoms with E-state index in [1.54, 1.807) is 30.5 Å². The van der Waals surface area contributed by atoms with Crippen molar-refractivity contribution in [3.63, 3.8) is 0 Å². The molecule has 1 aliphatic heterocycles. The third-order valence-electron chi connectivity index (χ3n) is 4.89. The van der Waals surface area contributed by atoms with Crippen LogP contribution in [0.1, 0.15) is 24.1 Å². The molecule has 8 heteroatoms. The van der Waals surface area contributed by atoms with Gasteiger partial charge in [-0.05, 0) is 42.7 Å². The highest BCUT2D eigenvalue weighted by atomic mass is 19.4. The first-order valence-electron chi connectivity index (χ1n) is 9.04. The zero-order valence-electron chi connectivity index (χ0n) is 15.2. The van der Waals surface area contributed by atoms with Gasteiger partial charge >= 0.3 is 6.18 Å². The van der Waals surface area contributed by atoms with E-state index in [1.807, 2.05) is 18.2 Å². The van der Waals surface area contributed by atoms with E-state index < -0.39 is 24.0 Å². The fourth-order valence-electron chi connectivity index (χ4n) is 3.39. The number of amides is 1. The van der Waals surface area contributed by atoms with Crippen LogP contribution in [0.4, 0.5) is 13.2 Å². The molecule has 1 aromatic heterocycles. The number of carbonyl (C=O) groups is 1. The number of likely N-dealkylation sites (tertiary alicyclic amines) is 1. The van der Waals surface area contributed by atoms with Crippen LogP contribution in [0.5, 0.6) is 5.75 Å². The summed E-state index contributed by atoms with van der Waals surface area (Å²) >= 11 is 0. The van der Waals surface area contributed by atoms with Crippen LogP contribution >= 0.6 is 0 Å². The van der Waals surface area contributed by atoms with Gasteiger partial charge in [0.1, 0.15) is 18.4 Å². The van der Waals surface area contributed by atoms with Crippen LogP contribution < -0.4 is 10.5 Å². The Kier molecular flexibility index (Phi) is 6.18. The van der Waals surface area contributed by atoms with Gasteiger partial charge in [-0.15, -0.1) is 0 Å². The Bertz CT molecular complexity index is 782. The highest BCUT2D eigenvalue weighted by Crippen LogP contribution is 2.34. The van der Waals surface area contributed by atoms with Crippen LogP contribution in [0.15, 0.2) is 48.7 Å². The summed E-state index contributed by atoms with van der Waals surface area (Å²) in [5.41, 5.74) is 6.81. The number of carbonyl (C=O) groups excluding carboxylic acids is 1. The third-order valence-corrected chi connectivity index (χ3v) is 4.89. The Hall–Kier alpha value is -2.61. The highest BCUT2D eigenvalue weighted by Gasteiger charge is 2.46. The number of rotatable bonds is 6. The number of nitrogens with zero attached hydrogens (tertiary/aromatic N) is 2. The number of alkyl halides is 3. The summed E-state index contributed by atoms with van der Waals surface area (Å²) in [6, 6.07) is 10.9. The van der Waals surface area contributed by atoms with Crippen LogP contribution in [0.25, 0.3) is 0 Å². The van der Waals surface area contributed by atoms with Crippen molar-refractivity contribution >= 4 is 5.91 Å². The van der Waals surface area contributed by atoms with Gasteiger partial charge in [-0.1, -0.05) is 18.2 Å². The van der Waals surface area contributed by atoms with Crippen molar-refractivity contribution in [2.45, 2.75) is 38.2 Å². The lowest BCUT2D eigenvalue weighted by Crippen LogP contribution is -2.52. The molecule has 1 aromatic carbocycles. The second-order valence-electron chi connectivity index (χ2n) is 6.92. The van der Waals surface area contributed by atoms with Gasteiger partial charge in [0.25, 0.3) is 0 Å². The van der Waals surface area contributed by atoms with Crippen LogP contribution in [-0.2, 0) is 17.9 Å². The van der Waals surface area contributed by atoms with Gasteiger partial charge in [0.05, 0.1) is 11.6 Å². The molecule has 2 aromatic rings. The molecule has 0 spiro atoms. The lowest BCUT2D eigenvalue weighted by molar-refractivity contribution is -0.197. The number of benzene rings is 1. The smallest absolute Gasteiger partial charge is 0.404 e. The molecular formula is C20H22F3N3O2. The summed E-state index contributed by atoms with van der Waals surface area (Å²) < 4.78 is 45.7. The number of aromatic nitrogens is 1. The Morgan fingerprint density at radius 1 is 1.18 bits per heavy atom. The Balaban J connectivity index is 1.64.